The summed E-state index contributed by atoms with van der Waals surface area (Å²) in [4.78, 5) is 4.77. The van der Waals surface area contributed by atoms with Crippen molar-refractivity contribution in [1.29, 1.82) is 0 Å². The monoisotopic (exact) mass is 328 g/mol. The lowest BCUT2D eigenvalue weighted by Gasteiger charge is -2.25. The van der Waals surface area contributed by atoms with Gasteiger partial charge >= 0.3 is 0 Å². The van der Waals surface area contributed by atoms with Crippen molar-refractivity contribution in [3.05, 3.63) is 84.4 Å². The third-order valence-corrected chi connectivity index (χ3v) is 4.84. The highest BCUT2D eigenvalue weighted by atomic mass is 15.4. The second-order valence-corrected chi connectivity index (χ2v) is 7.62. The molecular formula is C23H24N2. The van der Waals surface area contributed by atoms with E-state index in [9.17, 15) is 0 Å². The van der Waals surface area contributed by atoms with Crippen LogP contribution in [0.15, 0.2) is 78.9 Å². The molecule has 0 aliphatic carbocycles. The normalized spacial score (nSPS) is 13.9. The molecule has 2 nitrogen and oxygen atoms in total. The lowest BCUT2D eigenvalue weighted by Crippen LogP contribution is -2.24. The van der Waals surface area contributed by atoms with Crippen LogP contribution in [-0.4, -0.2) is 6.67 Å². The molecule has 0 saturated carbocycles. The van der Waals surface area contributed by atoms with Gasteiger partial charge < -0.3 is 9.80 Å². The van der Waals surface area contributed by atoms with E-state index in [4.69, 9.17) is 0 Å². The van der Waals surface area contributed by atoms with Gasteiger partial charge in [-0.2, -0.15) is 0 Å². The Balaban J connectivity index is 1.78. The molecule has 25 heavy (non-hydrogen) atoms. The highest BCUT2D eigenvalue weighted by molar-refractivity contribution is 5.86. The maximum atomic E-state index is 2.40. The largest absolute Gasteiger partial charge is 0.321 e. The van der Waals surface area contributed by atoms with Crippen LogP contribution in [0.4, 0.5) is 22.7 Å². The van der Waals surface area contributed by atoms with Crippen molar-refractivity contribution in [3.8, 4) is 0 Å². The second kappa shape index (κ2) is 5.96. The number of benzene rings is 3. The summed E-state index contributed by atoms with van der Waals surface area (Å²) >= 11 is 0. The van der Waals surface area contributed by atoms with Crippen molar-refractivity contribution in [1.82, 2.24) is 0 Å². The lowest BCUT2D eigenvalue weighted by molar-refractivity contribution is 0.590. The maximum absolute atomic E-state index is 2.40. The SMILES string of the molecule is CC(C)(C)c1cccc(N2CN(c3ccccc3)c3ccccc32)c1. The average molecular weight is 328 g/mol. The van der Waals surface area contributed by atoms with Gasteiger partial charge in [-0.15, -0.1) is 0 Å². The van der Waals surface area contributed by atoms with Crippen molar-refractivity contribution in [2.24, 2.45) is 0 Å². The zero-order valence-corrected chi connectivity index (χ0v) is 15.1. The maximum Gasteiger partial charge on any atom is 0.100 e. The minimum absolute atomic E-state index is 0.147. The minimum Gasteiger partial charge on any atom is -0.321 e. The van der Waals surface area contributed by atoms with Crippen molar-refractivity contribution in [2.75, 3.05) is 16.5 Å². The molecule has 3 aromatic rings. The Hall–Kier alpha value is -2.74. The fourth-order valence-corrected chi connectivity index (χ4v) is 3.40. The predicted molar refractivity (Wildman–Crippen MR) is 107 cm³/mol. The van der Waals surface area contributed by atoms with Crippen LogP contribution >= 0.6 is 0 Å². The van der Waals surface area contributed by atoms with Gasteiger partial charge in [0, 0.05) is 11.4 Å². The summed E-state index contributed by atoms with van der Waals surface area (Å²) in [6.07, 6.45) is 0. The fourth-order valence-electron chi connectivity index (χ4n) is 3.40. The first kappa shape index (κ1) is 15.8. The van der Waals surface area contributed by atoms with E-state index in [1.165, 1.54) is 28.3 Å². The highest BCUT2D eigenvalue weighted by Crippen LogP contribution is 2.44. The molecule has 0 N–H and O–H groups in total. The van der Waals surface area contributed by atoms with Crippen LogP contribution in [0.1, 0.15) is 26.3 Å². The van der Waals surface area contributed by atoms with Crippen molar-refractivity contribution >= 4 is 22.7 Å². The number of rotatable bonds is 2. The topological polar surface area (TPSA) is 6.48 Å². The van der Waals surface area contributed by atoms with Crippen LogP contribution in [0.2, 0.25) is 0 Å². The third-order valence-electron chi connectivity index (χ3n) is 4.84. The number of hydrogen-bond acceptors (Lipinski definition) is 2. The zero-order valence-electron chi connectivity index (χ0n) is 15.1. The van der Waals surface area contributed by atoms with E-state index in [0.717, 1.165) is 6.67 Å². The number of para-hydroxylation sites is 3. The molecule has 4 rings (SSSR count). The molecular weight excluding hydrogens is 304 g/mol. The van der Waals surface area contributed by atoms with Crippen molar-refractivity contribution in [2.45, 2.75) is 26.2 Å². The van der Waals surface area contributed by atoms with Crippen LogP contribution < -0.4 is 9.80 Å². The molecule has 0 fully saturated rings. The van der Waals surface area contributed by atoms with E-state index in [2.05, 4.69) is 109 Å². The van der Waals surface area contributed by atoms with E-state index in [1.807, 2.05) is 0 Å². The smallest absolute Gasteiger partial charge is 0.100 e. The summed E-state index contributed by atoms with van der Waals surface area (Å²) in [5, 5.41) is 0. The summed E-state index contributed by atoms with van der Waals surface area (Å²) < 4.78 is 0. The molecule has 0 unspecified atom stereocenters. The molecule has 0 bridgehead atoms. The van der Waals surface area contributed by atoms with Crippen LogP contribution in [0.25, 0.3) is 0 Å². The van der Waals surface area contributed by atoms with Gasteiger partial charge in [0.05, 0.1) is 11.4 Å². The number of fused-ring (bicyclic) bond motifs is 1. The van der Waals surface area contributed by atoms with Gasteiger partial charge in [-0.25, -0.2) is 0 Å². The van der Waals surface area contributed by atoms with Gasteiger partial charge in [0.25, 0.3) is 0 Å². The standard InChI is InChI=1S/C23H24N2/c1-23(2,3)18-10-9-13-20(16-18)25-17-24(19-11-5-4-6-12-19)21-14-7-8-15-22(21)25/h4-16H,17H2,1-3H3. The second-order valence-electron chi connectivity index (χ2n) is 7.62. The van der Waals surface area contributed by atoms with Gasteiger partial charge in [0.1, 0.15) is 6.67 Å². The first-order valence-corrected chi connectivity index (χ1v) is 8.84. The van der Waals surface area contributed by atoms with E-state index in [-0.39, 0.29) is 5.41 Å². The van der Waals surface area contributed by atoms with Crippen molar-refractivity contribution < 1.29 is 0 Å². The van der Waals surface area contributed by atoms with E-state index in [0.29, 0.717) is 0 Å². The van der Waals surface area contributed by atoms with Crippen LogP contribution in [0.3, 0.4) is 0 Å². The Morgan fingerprint density at radius 2 is 1.20 bits per heavy atom. The molecule has 0 aromatic heterocycles. The van der Waals surface area contributed by atoms with E-state index in [1.54, 1.807) is 0 Å². The number of nitrogens with zero attached hydrogens (tertiary/aromatic N) is 2. The summed E-state index contributed by atoms with van der Waals surface area (Å²) in [7, 11) is 0. The Morgan fingerprint density at radius 1 is 0.640 bits per heavy atom. The van der Waals surface area contributed by atoms with Gasteiger partial charge in [-0.05, 0) is 47.4 Å². The molecule has 1 heterocycles. The van der Waals surface area contributed by atoms with Gasteiger partial charge in [-0.3, -0.25) is 0 Å². The molecule has 1 aliphatic heterocycles. The fraction of sp³-hybridized carbons (Fsp3) is 0.217. The van der Waals surface area contributed by atoms with Crippen molar-refractivity contribution in [3.63, 3.8) is 0 Å². The average Bonchev–Trinajstić information content (AvgIpc) is 3.02. The summed E-state index contributed by atoms with van der Waals surface area (Å²) in [6, 6.07) is 28.2. The third kappa shape index (κ3) is 2.89. The highest BCUT2D eigenvalue weighted by Gasteiger charge is 2.28. The molecule has 0 radical (unpaired) electrons. The molecule has 2 heteroatoms. The molecule has 0 saturated heterocycles. The zero-order chi connectivity index (χ0) is 17.4. The lowest BCUT2D eigenvalue weighted by atomic mass is 9.87. The molecule has 0 atom stereocenters. The van der Waals surface area contributed by atoms with Crippen LogP contribution in [0, 0.1) is 0 Å². The Labute approximate surface area is 150 Å². The van der Waals surface area contributed by atoms with E-state index >= 15 is 0 Å². The van der Waals surface area contributed by atoms with E-state index < -0.39 is 0 Å². The summed E-state index contributed by atoms with van der Waals surface area (Å²) in [6.45, 7) is 7.62. The van der Waals surface area contributed by atoms with Gasteiger partial charge in [0.2, 0.25) is 0 Å². The molecule has 126 valence electrons. The van der Waals surface area contributed by atoms with Crippen LogP contribution in [-0.2, 0) is 5.41 Å². The first-order valence-electron chi connectivity index (χ1n) is 8.84. The summed E-state index contributed by atoms with van der Waals surface area (Å²) in [5.41, 5.74) is 6.50. The molecule has 0 spiro atoms. The predicted octanol–water partition coefficient (Wildman–Crippen LogP) is 6.23. The Kier molecular flexibility index (Phi) is 3.76. The molecule has 0 amide bonds. The molecule has 3 aromatic carbocycles. The van der Waals surface area contributed by atoms with Gasteiger partial charge in [0.15, 0.2) is 0 Å². The Bertz CT molecular complexity index is 878. The first-order chi connectivity index (χ1) is 12.0. The summed E-state index contributed by atoms with van der Waals surface area (Å²) in [5.74, 6) is 0. The van der Waals surface area contributed by atoms with Crippen LogP contribution in [0.5, 0.6) is 0 Å². The Morgan fingerprint density at radius 3 is 1.84 bits per heavy atom. The molecule has 1 aliphatic rings. The number of hydrogen-bond donors (Lipinski definition) is 0. The number of anilines is 4. The quantitative estimate of drug-likeness (QED) is 0.550. The van der Waals surface area contributed by atoms with Gasteiger partial charge in [-0.1, -0.05) is 63.2 Å². The minimum atomic E-state index is 0.147.